The summed E-state index contributed by atoms with van der Waals surface area (Å²) < 4.78 is 6.86. The third-order valence-corrected chi connectivity index (χ3v) is 7.74. The molecule has 4 aromatic carbocycles. The smallest absolute Gasteiger partial charge is 0.261 e. The van der Waals surface area contributed by atoms with Crippen LogP contribution in [0.25, 0.3) is 10.8 Å². The summed E-state index contributed by atoms with van der Waals surface area (Å²) in [5.74, 6) is 0.164. The average Bonchev–Trinajstić information content (AvgIpc) is 2.96. The molecular weight excluding hydrogens is 552 g/mol. The number of ether oxygens (including phenoxy) is 1. The normalized spacial score (nSPS) is 12.5. The van der Waals surface area contributed by atoms with E-state index in [0.717, 1.165) is 38.4 Å². The summed E-state index contributed by atoms with van der Waals surface area (Å²) in [5, 5.41) is 5.19. The molecule has 2 amide bonds. The Morgan fingerprint density at radius 2 is 1.59 bits per heavy atom. The molecule has 0 aliphatic carbocycles. The predicted molar refractivity (Wildman–Crippen MR) is 161 cm³/mol. The van der Waals surface area contributed by atoms with Gasteiger partial charge in [0.2, 0.25) is 5.91 Å². The van der Waals surface area contributed by atoms with Gasteiger partial charge in [-0.15, -0.1) is 0 Å². The zero-order valence-electron chi connectivity index (χ0n) is 22.7. The van der Waals surface area contributed by atoms with Crippen LogP contribution in [0.15, 0.2) is 95.5 Å². The third kappa shape index (κ3) is 7.48. The van der Waals surface area contributed by atoms with Gasteiger partial charge < -0.3 is 15.0 Å². The molecule has 0 aliphatic heterocycles. The van der Waals surface area contributed by atoms with Crippen molar-refractivity contribution in [1.82, 2.24) is 10.2 Å². The lowest BCUT2D eigenvalue weighted by Gasteiger charge is -2.32. The molecule has 0 radical (unpaired) electrons. The molecule has 2 atom stereocenters. The Bertz CT molecular complexity index is 1410. The number of hydrogen-bond acceptors (Lipinski definition) is 3. The summed E-state index contributed by atoms with van der Waals surface area (Å²) in [6.45, 7) is 6.14. The van der Waals surface area contributed by atoms with E-state index in [4.69, 9.17) is 4.74 Å². The van der Waals surface area contributed by atoms with E-state index in [0.29, 0.717) is 18.7 Å². The van der Waals surface area contributed by atoms with Crippen molar-refractivity contribution in [3.63, 3.8) is 0 Å². The molecule has 4 rings (SSSR count). The molecule has 0 fully saturated rings. The molecule has 4 aromatic rings. The predicted octanol–water partition coefficient (Wildman–Crippen LogP) is 6.84. The highest BCUT2D eigenvalue weighted by Crippen LogP contribution is 2.33. The van der Waals surface area contributed by atoms with E-state index >= 15 is 0 Å². The number of amides is 2. The van der Waals surface area contributed by atoms with Crippen LogP contribution in [-0.4, -0.2) is 35.4 Å². The molecule has 0 bridgehead atoms. The van der Waals surface area contributed by atoms with Gasteiger partial charge in [0.1, 0.15) is 11.8 Å². The van der Waals surface area contributed by atoms with Gasteiger partial charge in [0.15, 0.2) is 6.61 Å². The van der Waals surface area contributed by atoms with Gasteiger partial charge in [-0.05, 0) is 64.2 Å². The van der Waals surface area contributed by atoms with Crippen LogP contribution in [0.4, 0.5) is 0 Å². The van der Waals surface area contributed by atoms with E-state index in [2.05, 4.69) is 21.2 Å². The van der Waals surface area contributed by atoms with Crippen molar-refractivity contribution >= 4 is 38.5 Å². The van der Waals surface area contributed by atoms with Gasteiger partial charge in [-0.2, -0.15) is 0 Å². The Morgan fingerprint density at radius 1 is 0.897 bits per heavy atom. The fourth-order valence-electron chi connectivity index (χ4n) is 4.43. The van der Waals surface area contributed by atoms with Crippen molar-refractivity contribution < 1.29 is 14.3 Å². The largest absolute Gasteiger partial charge is 0.483 e. The number of hydrogen-bond donors (Lipinski definition) is 1. The molecule has 1 N–H and O–H groups in total. The second-order valence-electron chi connectivity index (χ2n) is 9.92. The first kappa shape index (κ1) is 28.4. The number of aryl methyl sites for hydroxylation is 1. The Morgan fingerprint density at radius 3 is 2.31 bits per heavy atom. The molecule has 6 heteroatoms. The summed E-state index contributed by atoms with van der Waals surface area (Å²) in [6.07, 6.45) is 1.20. The third-order valence-electron chi connectivity index (χ3n) is 6.92. The van der Waals surface area contributed by atoms with Crippen molar-refractivity contribution in [2.24, 2.45) is 0 Å². The summed E-state index contributed by atoms with van der Waals surface area (Å²) >= 11 is 3.65. The zero-order valence-corrected chi connectivity index (χ0v) is 24.3. The second-order valence-corrected chi connectivity index (χ2v) is 10.7. The van der Waals surface area contributed by atoms with Crippen molar-refractivity contribution in [2.75, 3.05) is 6.61 Å². The Balaban J connectivity index is 1.64. The lowest BCUT2D eigenvalue weighted by atomic mass is 10.0. The fourth-order valence-corrected chi connectivity index (χ4v) is 5.04. The number of nitrogens with zero attached hydrogens (tertiary/aromatic N) is 1. The average molecular weight is 588 g/mol. The molecule has 0 unspecified atom stereocenters. The SMILES string of the molecule is CC[C@H](C)NC(=O)[C@@H](Cc1ccccc1)N(Cc1ccc(C)cc1)C(=O)COc1ccc2ccccc2c1Br. The van der Waals surface area contributed by atoms with Crippen LogP contribution in [-0.2, 0) is 22.6 Å². The van der Waals surface area contributed by atoms with Gasteiger partial charge in [-0.25, -0.2) is 0 Å². The quantitative estimate of drug-likeness (QED) is 0.209. The molecule has 202 valence electrons. The molecule has 39 heavy (non-hydrogen) atoms. The van der Waals surface area contributed by atoms with Crippen molar-refractivity contribution in [3.8, 4) is 5.75 Å². The topological polar surface area (TPSA) is 58.6 Å². The highest BCUT2D eigenvalue weighted by Gasteiger charge is 2.31. The van der Waals surface area contributed by atoms with Crippen molar-refractivity contribution in [3.05, 3.63) is 112 Å². The van der Waals surface area contributed by atoms with Gasteiger partial charge in [0.25, 0.3) is 5.91 Å². The van der Waals surface area contributed by atoms with E-state index in [1.807, 2.05) is 112 Å². The van der Waals surface area contributed by atoms with E-state index < -0.39 is 6.04 Å². The summed E-state index contributed by atoms with van der Waals surface area (Å²) in [5.41, 5.74) is 3.08. The van der Waals surface area contributed by atoms with E-state index in [9.17, 15) is 9.59 Å². The molecule has 0 aromatic heterocycles. The summed E-state index contributed by atoms with van der Waals surface area (Å²) in [6, 6.07) is 29.0. The van der Waals surface area contributed by atoms with Crippen LogP contribution < -0.4 is 10.1 Å². The van der Waals surface area contributed by atoms with E-state index in [-0.39, 0.29) is 24.5 Å². The molecule has 0 aliphatic rings. The van der Waals surface area contributed by atoms with Crippen LogP contribution in [0.5, 0.6) is 5.75 Å². The maximum Gasteiger partial charge on any atom is 0.261 e. The number of nitrogens with one attached hydrogen (secondary N) is 1. The van der Waals surface area contributed by atoms with Crippen LogP contribution in [0.2, 0.25) is 0 Å². The highest BCUT2D eigenvalue weighted by atomic mass is 79.9. The van der Waals surface area contributed by atoms with Crippen LogP contribution in [0.1, 0.15) is 37.0 Å². The zero-order chi connectivity index (χ0) is 27.8. The summed E-state index contributed by atoms with van der Waals surface area (Å²) in [4.78, 5) is 29.1. The van der Waals surface area contributed by atoms with Crippen molar-refractivity contribution in [2.45, 2.75) is 52.2 Å². The monoisotopic (exact) mass is 586 g/mol. The van der Waals surface area contributed by atoms with Crippen LogP contribution in [0.3, 0.4) is 0 Å². The number of halogens is 1. The summed E-state index contributed by atoms with van der Waals surface area (Å²) in [7, 11) is 0. The second kappa shape index (κ2) is 13.4. The maximum atomic E-state index is 13.9. The maximum absolute atomic E-state index is 13.9. The minimum Gasteiger partial charge on any atom is -0.483 e. The van der Waals surface area contributed by atoms with Crippen LogP contribution >= 0.6 is 15.9 Å². The number of carbonyl (C=O) groups excluding carboxylic acids is 2. The lowest BCUT2D eigenvalue weighted by molar-refractivity contribution is -0.143. The van der Waals surface area contributed by atoms with E-state index in [1.54, 1.807) is 4.90 Å². The molecule has 0 saturated carbocycles. The Hall–Kier alpha value is -3.64. The number of benzene rings is 4. The Kier molecular flexibility index (Phi) is 9.77. The number of fused-ring (bicyclic) bond motifs is 1. The highest BCUT2D eigenvalue weighted by molar-refractivity contribution is 9.10. The van der Waals surface area contributed by atoms with Gasteiger partial charge >= 0.3 is 0 Å². The first-order valence-corrected chi connectivity index (χ1v) is 14.1. The van der Waals surface area contributed by atoms with Gasteiger partial charge in [-0.1, -0.05) is 97.4 Å². The minimum absolute atomic E-state index is 0.00287. The van der Waals surface area contributed by atoms with Crippen LogP contribution in [0, 0.1) is 6.92 Å². The molecule has 0 saturated heterocycles. The molecule has 5 nitrogen and oxygen atoms in total. The Labute approximate surface area is 239 Å². The number of rotatable bonds is 11. The molecular formula is C33H35BrN2O3. The standard InChI is InChI=1S/C33H35BrN2O3/c1-4-24(3)35-33(38)29(20-25-10-6-5-7-11-25)36(21-26-16-14-23(2)15-17-26)31(37)22-39-30-19-18-27-12-8-9-13-28(27)32(30)34/h5-19,24,29H,4,20-22H2,1-3H3,(H,35,38)/t24-,29+/m0/s1. The minimum atomic E-state index is -0.696. The van der Waals surface area contributed by atoms with E-state index in [1.165, 1.54) is 0 Å². The lowest BCUT2D eigenvalue weighted by Crippen LogP contribution is -2.53. The van der Waals surface area contributed by atoms with Gasteiger partial charge in [-0.3, -0.25) is 9.59 Å². The van der Waals surface area contributed by atoms with Crippen molar-refractivity contribution in [1.29, 1.82) is 0 Å². The number of carbonyl (C=O) groups is 2. The molecule has 0 heterocycles. The van der Waals surface area contributed by atoms with Gasteiger partial charge in [0.05, 0.1) is 4.47 Å². The fraction of sp³-hybridized carbons (Fsp3) is 0.273. The van der Waals surface area contributed by atoms with Gasteiger partial charge in [0, 0.05) is 19.0 Å². The first-order valence-electron chi connectivity index (χ1n) is 13.3. The first-order chi connectivity index (χ1) is 18.9. The molecule has 0 spiro atoms.